The van der Waals surface area contributed by atoms with E-state index in [9.17, 15) is 0 Å². The molecule has 2 nitrogen and oxygen atoms in total. The first kappa shape index (κ1) is 12.9. The highest BCUT2D eigenvalue weighted by molar-refractivity contribution is 4.83. The highest BCUT2D eigenvalue weighted by Crippen LogP contribution is 2.28. The zero-order valence-electron chi connectivity index (χ0n) is 11.9. The summed E-state index contributed by atoms with van der Waals surface area (Å²) in [7, 11) is 0. The lowest BCUT2D eigenvalue weighted by atomic mass is 9.96. The van der Waals surface area contributed by atoms with Gasteiger partial charge in [0, 0.05) is 12.6 Å². The van der Waals surface area contributed by atoms with Crippen molar-refractivity contribution in [2.24, 2.45) is 11.8 Å². The second-order valence-electron chi connectivity index (χ2n) is 6.93. The van der Waals surface area contributed by atoms with E-state index in [1.807, 2.05) is 0 Å². The summed E-state index contributed by atoms with van der Waals surface area (Å²) >= 11 is 0. The normalized spacial score (nSPS) is 31.0. The number of nitrogens with zero attached hydrogens (tertiary/aromatic N) is 1. The highest BCUT2D eigenvalue weighted by atomic mass is 15.1. The van der Waals surface area contributed by atoms with Crippen LogP contribution in [0.1, 0.15) is 57.8 Å². The molecule has 3 rings (SSSR count). The maximum atomic E-state index is 3.72. The molecule has 0 bridgehead atoms. The Kier molecular flexibility index (Phi) is 4.58. The first-order chi connectivity index (χ1) is 8.90. The van der Waals surface area contributed by atoms with Crippen molar-refractivity contribution in [1.29, 1.82) is 0 Å². The molecular formula is C16H30N2. The third-order valence-corrected chi connectivity index (χ3v) is 5.20. The molecule has 2 saturated carbocycles. The first-order valence-corrected chi connectivity index (χ1v) is 8.36. The van der Waals surface area contributed by atoms with Crippen LogP contribution in [0.4, 0.5) is 0 Å². The summed E-state index contributed by atoms with van der Waals surface area (Å²) < 4.78 is 0. The number of hydrogen-bond acceptors (Lipinski definition) is 2. The second kappa shape index (κ2) is 6.38. The van der Waals surface area contributed by atoms with E-state index in [4.69, 9.17) is 0 Å². The largest absolute Gasteiger partial charge is 0.314 e. The van der Waals surface area contributed by atoms with Gasteiger partial charge in [0.2, 0.25) is 0 Å². The molecule has 3 fully saturated rings. The molecule has 0 radical (unpaired) electrons. The fourth-order valence-electron chi connectivity index (χ4n) is 3.81. The van der Waals surface area contributed by atoms with Gasteiger partial charge in [-0.25, -0.2) is 0 Å². The van der Waals surface area contributed by atoms with Gasteiger partial charge in [0.25, 0.3) is 0 Å². The predicted molar refractivity (Wildman–Crippen MR) is 76.8 cm³/mol. The van der Waals surface area contributed by atoms with Crippen molar-refractivity contribution >= 4 is 0 Å². The Morgan fingerprint density at radius 3 is 2.44 bits per heavy atom. The van der Waals surface area contributed by atoms with E-state index in [1.54, 1.807) is 0 Å². The van der Waals surface area contributed by atoms with Crippen molar-refractivity contribution in [2.45, 2.75) is 63.8 Å². The van der Waals surface area contributed by atoms with Gasteiger partial charge in [-0.1, -0.05) is 25.7 Å². The van der Waals surface area contributed by atoms with Crippen LogP contribution in [0.5, 0.6) is 0 Å². The molecule has 1 N–H and O–H groups in total. The maximum Gasteiger partial charge on any atom is 0.00683 e. The zero-order chi connectivity index (χ0) is 12.2. The van der Waals surface area contributed by atoms with Gasteiger partial charge in [0.1, 0.15) is 0 Å². The molecule has 1 unspecified atom stereocenters. The topological polar surface area (TPSA) is 15.3 Å². The van der Waals surface area contributed by atoms with E-state index in [0.29, 0.717) is 0 Å². The number of nitrogens with one attached hydrogen (secondary N) is 1. The summed E-state index contributed by atoms with van der Waals surface area (Å²) in [6.45, 7) is 5.40. The smallest absolute Gasteiger partial charge is 0.00683 e. The molecule has 104 valence electrons. The van der Waals surface area contributed by atoms with Gasteiger partial charge in [0.05, 0.1) is 0 Å². The summed E-state index contributed by atoms with van der Waals surface area (Å²) in [6, 6.07) is 0.888. The Hall–Kier alpha value is -0.0800. The fourth-order valence-corrected chi connectivity index (χ4v) is 3.81. The molecule has 2 aliphatic carbocycles. The van der Waals surface area contributed by atoms with E-state index in [1.165, 1.54) is 84.0 Å². The van der Waals surface area contributed by atoms with Crippen molar-refractivity contribution in [3.8, 4) is 0 Å². The van der Waals surface area contributed by atoms with E-state index >= 15 is 0 Å². The molecule has 18 heavy (non-hydrogen) atoms. The summed E-state index contributed by atoms with van der Waals surface area (Å²) in [4.78, 5) is 2.75. The fraction of sp³-hybridized carbons (Fsp3) is 1.00. The molecule has 0 aromatic rings. The summed E-state index contributed by atoms with van der Waals surface area (Å²) in [6.07, 6.45) is 13.2. The van der Waals surface area contributed by atoms with Crippen LogP contribution < -0.4 is 5.32 Å². The summed E-state index contributed by atoms with van der Waals surface area (Å²) in [5.41, 5.74) is 0. The minimum Gasteiger partial charge on any atom is -0.314 e. The van der Waals surface area contributed by atoms with Crippen LogP contribution in [-0.2, 0) is 0 Å². The van der Waals surface area contributed by atoms with Gasteiger partial charge < -0.3 is 10.2 Å². The van der Waals surface area contributed by atoms with E-state index in [-0.39, 0.29) is 0 Å². The van der Waals surface area contributed by atoms with Gasteiger partial charge in [-0.05, 0) is 63.6 Å². The Morgan fingerprint density at radius 2 is 1.67 bits per heavy atom. The van der Waals surface area contributed by atoms with Crippen LogP contribution in [0.15, 0.2) is 0 Å². The molecular weight excluding hydrogens is 220 g/mol. The number of likely N-dealkylation sites (tertiary alicyclic amines) is 1. The molecule has 0 aromatic heterocycles. The molecule has 0 aromatic carbocycles. The van der Waals surface area contributed by atoms with Gasteiger partial charge in [-0.15, -0.1) is 0 Å². The Balaban J connectivity index is 1.33. The van der Waals surface area contributed by atoms with Crippen LogP contribution in [0.3, 0.4) is 0 Å². The van der Waals surface area contributed by atoms with Crippen molar-refractivity contribution in [1.82, 2.24) is 10.2 Å². The molecule has 1 heterocycles. The van der Waals surface area contributed by atoms with Crippen LogP contribution in [0.2, 0.25) is 0 Å². The predicted octanol–water partition coefficient (Wildman–Crippen LogP) is 3.03. The highest BCUT2D eigenvalue weighted by Gasteiger charge is 2.25. The van der Waals surface area contributed by atoms with Gasteiger partial charge >= 0.3 is 0 Å². The van der Waals surface area contributed by atoms with Gasteiger partial charge in [0.15, 0.2) is 0 Å². The lowest BCUT2D eigenvalue weighted by Crippen LogP contribution is -2.40. The van der Waals surface area contributed by atoms with Crippen molar-refractivity contribution in [2.75, 3.05) is 26.2 Å². The van der Waals surface area contributed by atoms with Crippen LogP contribution in [0.25, 0.3) is 0 Å². The lowest BCUT2D eigenvalue weighted by Gasteiger charge is -2.33. The number of hydrogen-bond donors (Lipinski definition) is 1. The quantitative estimate of drug-likeness (QED) is 0.779. The Bertz CT molecular complexity index is 243. The molecule has 1 aliphatic heterocycles. The van der Waals surface area contributed by atoms with Gasteiger partial charge in [-0.3, -0.25) is 0 Å². The minimum atomic E-state index is 0.888. The SMILES string of the molecule is C1CCC(CCN2CCCC(CNC3CC3)C2)C1. The standard InChI is InChI=1S/C16H30N2/c1-2-5-14(4-1)9-11-18-10-3-6-15(13-18)12-17-16-7-8-16/h14-17H,1-13H2. The lowest BCUT2D eigenvalue weighted by molar-refractivity contribution is 0.162. The van der Waals surface area contributed by atoms with E-state index < -0.39 is 0 Å². The maximum absolute atomic E-state index is 3.72. The molecule has 2 heteroatoms. The molecule has 1 atom stereocenters. The van der Waals surface area contributed by atoms with E-state index in [2.05, 4.69) is 10.2 Å². The van der Waals surface area contributed by atoms with Crippen molar-refractivity contribution in [3.63, 3.8) is 0 Å². The molecule has 3 aliphatic rings. The second-order valence-corrected chi connectivity index (χ2v) is 6.93. The summed E-state index contributed by atoms with van der Waals surface area (Å²) in [5, 5.41) is 3.72. The average molecular weight is 250 g/mol. The molecule has 1 saturated heterocycles. The number of rotatable bonds is 6. The molecule has 0 amide bonds. The third-order valence-electron chi connectivity index (χ3n) is 5.20. The van der Waals surface area contributed by atoms with Crippen molar-refractivity contribution in [3.05, 3.63) is 0 Å². The monoisotopic (exact) mass is 250 g/mol. The van der Waals surface area contributed by atoms with Crippen molar-refractivity contribution < 1.29 is 0 Å². The summed E-state index contributed by atoms with van der Waals surface area (Å²) in [5.74, 6) is 2.00. The molecule has 0 spiro atoms. The third kappa shape index (κ3) is 3.96. The Labute approximate surface area is 113 Å². The van der Waals surface area contributed by atoms with Crippen LogP contribution in [0, 0.1) is 11.8 Å². The number of piperidine rings is 1. The Morgan fingerprint density at radius 1 is 0.889 bits per heavy atom. The minimum absolute atomic E-state index is 0.888. The van der Waals surface area contributed by atoms with Crippen LogP contribution >= 0.6 is 0 Å². The zero-order valence-corrected chi connectivity index (χ0v) is 11.9. The van der Waals surface area contributed by atoms with Gasteiger partial charge in [-0.2, -0.15) is 0 Å². The first-order valence-electron chi connectivity index (χ1n) is 8.36. The average Bonchev–Trinajstić information content (AvgIpc) is 3.09. The van der Waals surface area contributed by atoms with E-state index in [0.717, 1.165) is 17.9 Å². The van der Waals surface area contributed by atoms with Crippen LogP contribution in [-0.4, -0.2) is 37.1 Å².